The number of ether oxygens (including phenoxy) is 1. The number of carbonyl (C=O) groups excluding carboxylic acids is 3. The second kappa shape index (κ2) is 8.60. The highest BCUT2D eigenvalue weighted by molar-refractivity contribution is 5.98. The van der Waals surface area contributed by atoms with Crippen LogP contribution in [0.5, 0.6) is 5.75 Å². The van der Waals surface area contributed by atoms with E-state index in [1.54, 1.807) is 23.7 Å². The fourth-order valence-electron chi connectivity index (χ4n) is 3.55. The number of nitrogens with one attached hydrogen (secondary N) is 2. The van der Waals surface area contributed by atoms with Gasteiger partial charge < -0.3 is 20.8 Å². The Morgan fingerprint density at radius 3 is 2.81 bits per heavy atom. The number of hydrogen-bond acceptors (Lipinski definition) is 6. The van der Waals surface area contributed by atoms with E-state index >= 15 is 0 Å². The second-order valence-corrected chi connectivity index (χ2v) is 7.62. The molecule has 2 heterocycles. The predicted octanol–water partition coefficient (Wildman–Crippen LogP) is 1.16. The number of rotatable bonds is 6. The van der Waals surface area contributed by atoms with Gasteiger partial charge in [-0.2, -0.15) is 5.12 Å². The highest BCUT2D eigenvalue weighted by atomic mass is 16.5. The number of nitrogens with two attached hydrogens (primary N) is 2. The average Bonchev–Trinajstić information content (AvgIpc) is 3.05. The monoisotopic (exact) mass is 436 g/mol. The Kier molecular flexibility index (Phi) is 5.69. The molecule has 0 aliphatic carbocycles. The van der Waals surface area contributed by atoms with Crippen molar-refractivity contribution in [3.8, 4) is 5.75 Å². The third kappa shape index (κ3) is 4.35. The molecular formula is C22H24N6O4. The topological polar surface area (TPSA) is 145 Å². The molecular weight excluding hydrogens is 412 g/mol. The standard InChI is InChI=1S/C22H24N6O4/c1-27-18-7-5-16(10-14(18)11-19(27)21(24)30)32-12-13-3-2-4-15(9-13)25-28-20(29)8-6-17(23)22(31)26-28/h2-5,7,9-11,17,25H,6,8,12,23H2,1H3,(H2,24,30)(H,26,31). The van der Waals surface area contributed by atoms with Gasteiger partial charge in [-0.1, -0.05) is 12.1 Å². The first kappa shape index (κ1) is 21.2. The van der Waals surface area contributed by atoms with Crippen LogP contribution in [-0.2, 0) is 23.2 Å². The van der Waals surface area contributed by atoms with Crippen molar-refractivity contribution in [1.29, 1.82) is 0 Å². The second-order valence-electron chi connectivity index (χ2n) is 7.62. The highest BCUT2D eigenvalue weighted by Gasteiger charge is 2.26. The van der Waals surface area contributed by atoms with Crippen LogP contribution in [-0.4, -0.2) is 33.4 Å². The summed E-state index contributed by atoms with van der Waals surface area (Å²) in [6.45, 7) is 0.279. The number of primary amides is 1. The van der Waals surface area contributed by atoms with Gasteiger partial charge in [0.25, 0.3) is 17.7 Å². The van der Waals surface area contributed by atoms with Crippen LogP contribution in [0, 0.1) is 0 Å². The maximum Gasteiger partial charge on any atom is 0.265 e. The van der Waals surface area contributed by atoms with Gasteiger partial charge in [0.1, 0.15) is 18.1 Å². The fraction of sp³-hybridized carbons (Fsp3) is 0.227. The van der Waals surface area contributed by atoms with E-state index < -0.39 is 17.9 Å². The number of nitrogens with zero attached hydrogens (tertiary/aromatic N) is 2. The molecule has 1 atom stereocenters. The first-order valence-corrected chi connectivity index (χ1v) is 10.1. The molecule has 3 aromatic rings. The Morgan fingerprint density at radius 2 is 2.03 bits per heavy atom. The predicted molar refractivity (Wildman–Crippen MR) is 118 cm³/mol. The van der Waals surface area contributed by atoms with Crippen molar-refractivity contribution in [1.82, 2.24) is 15.1 Å². The Labute approximate surface area is 184 Å². The Bertz CT molecular complexity index is 1200. The number of amides is 3. The van der Waals surface area contributed by atoms with Gasteiger partial charge in [-0.3, -0.25) is 19.8 Å². The van der Waals surface area contributed by atoms with Gasteiger partial charge in [-0.15, -0.1) is 0 Å². The zero-order valence-electron chi connectivity index (χ0n) is 17.5. The molecule has 1 fully saturated rings. The summed E-state index contributed by atoms with van der Waals surface area (Å²) < 4.78 is 7.65. The van der Waals surface area contributed by atoms with Gasteiger partial charge in [0.2, 0.25) is 0 Å². The summed E-state index contributed by atoms with van der Waals surface area (Å²) in [7, 11) is 1.78. The average molecular weight is 436 g/mol. The van der Waals surface area contributed by atoms with E-state index in [0.29, 0.717) is 23.6 Å². The van der Waals surface area contributed by atoms with Crippen molar-refractivity contribution in [3.63, 3.8) is 0 Å². The van der Waals surface area contributed by atoms with E-state index in [4.69, 9.17) is 16.2 Å². The van der Waals surface area contributed by atoms with E-state index in [9.17, 15) is 14.4 Å². The molecule has 2 aromatic carbocycles. The van der Waals surface area contributed by atoms with E-state index in [-0.39, 0.29) is 18.9 Å². The van der Waals surface area contributed by atoms with Gasteiger partial charge in [0.05, 0.1) is 11.7 Å². The molecule has 10 heteroatoms. The summed E-state index contributed by atoms with van der Waals surface area (Å²) in [6.07, 6.45) is 0.457. The molecule has 4 rings (SSSR count). The third-order valence-corrected chi connectivity index (χ3v) is 5.32. The molecule has 1 aromatic heterocycles. The largest absolute Gasteiger partial charge is 0.489 e. The summed E-state index contributed by atoms with van der Waals surface area (Å²) in [4.78, 5) is 35.7. The summed E-state index contributed by atoms with van der Waals surface area (Å²) in [5.41, 5.74) is 19.3. The molecule has 1 saturated heterocycles. The van der Waals surface area contributed by atoms with E-state index in [1.807, 2.05) is 36.4 Å². The highest BCUT2D eigenvalue weighted by Crippen LogP contribution is 2.25. The SMILES string of the molecule is Cn1c(C(N)=O)cc2cc(OCc3cccc(NN4NC(=O)C(N)CCC4=O)c3)ccc21. The summed E-state index contributed by atoms with van der Waals surface area (Å²) in [5, 5.41) is 1.91. The van der Waals surface area contributed by atoms with Crippen LogP contribution in [0.25, 0.3) is 10.9 Å². The first-order valence-electron chi connectivity index (χ1n) is 10.1. The van der Waals surface area contributed by atoms with Crippen LogP contribution < -0.4 is 27.1 Å². The molecule has 0 bridgehead atoms. The van der Waals surface area contributed by atoms with Crippen LogP contribution >= 0.6 is 0 Å². The lowest BCUT2D eigenvalue weighted by Gasteiger charge is -2.23. The summed E-state index contributed by atoms with van der Waals surface area (Å²) in [6, 6.07) is 13.8. The van der Waals surface area contributed by atoms with Crippen molar-refractivity contribution in [2.75, 3.05) is 5.43 Å². The minimum absolute atomic E-state index is 0.162. The molecule has 32 heavy (non-hydrogen) atoms. The molecule has 166 valence electrons. The quantitative estimate of drug-likeness (QED) is 0.456. The molecule has 0 radical (unpaired) electrons. The molecule has 1 aliphatic heterocycles. The molecule has 0 spiro atoms. The lowest BCUT2D eigenvalue weighted by atomic mass is 10.2. The van der Waals surface area contributed by atoms with E-state index in [2.05, 4.69) is 10.9 Å². The van der Waals surface area contributed by atoms with Crippen LogP contribution in [0.15, 0.2) is 48.5 Å². The zero-order chi connectivity index (χ0) is 22.8. The minimum atomic E-state index is -0.716. The van der Waals surface area contributed by atoms with Crippen molar-refractivity contribution >= 4 is 34.3 Å². The number of benzene rings is 2. The molecule has 3 amide bonds. The van der Waals surface area contributed by atoms with Gasteiger partial charge in [0.15, 0.2) is 0 Å². The zero-order valence-corrected chi connectivity index (χ0v) is 17.5. The first-order chi connectivity index (χ1) is 15.3. The number of hydrazine groups is 2. The van der Waals surface area contributed by atoms with Crippen LogP contribution in [0.4, 0.5) is 5.69 Å². The smallest absolute Gasteiger partial charge is 0.265 e. The lowest BCUT2D eigenvalue weighted by Crippen LogP contribution is -2.51. The molecule has 1 unspecified atom stereocenters. The fourth-order valence-corrected chi connectivity index (χ4v) is 3.55. The Balaban J connectivity index is 1.44. The lowest BCUT2D eigenvalue weighted by molar-refractivity contribution is -0.137. The maximum absolute atomic E-state index is 12.2. The van der Waals surface area contributed by atoms with Gasteiger partial charge >= 0.3 is 0 Å². The third-order valence-electron chi connectivity index (χ3n) is 5.32. The van der Waals surface area contributed by atoms with Crippen molar-refractivity contribution in [2.45, 2.75) is 25.5 Å². The molecule has 0 saturated carbocycles. The Morgan fingerprint density at radius 1 is 1.22 bits per heavy atom. The number of aromatic nitrogens is 1. The van der Waals surface area contributed by atoms with Crippen molar-refractivity contribution in [2.24, 2.45) is 18.5 Å². The Hall–Kier alpha value is -4.05. The normalized spacial score (nSPS) is 16.6. The molecule has 1 aliphatic rings. The number of aryl methyl sites for hydroxylation is 1. The number of carbonyl (C=O) groups is 3. The molecule has 10 nitrogen and oxygen atoms in total. The number of fused-ring (bicyclic) bond motifs is 1. The van der Waals surface area contributed by atoms with Crippen LogP contribution in [0.1, 0.15) is 28.9 Å². The van der Waals surface area contributed by atoms with E-state index in [0.717, 1.165) is 21.6 Å². The number of anilines is 1. The van der Waals surface area contributed by atoms with Crippen molar-refractivity contribution in [3.05, 3.63) is 59.8 Å². The van der Waals surface area contributed by atoms with E-state index in [1.165, 1.54) is 0 Å². The maximum atomic E-state index is 12.2. The van der Waals surface area contributed by atoms with Crippen molar-refractivity contribution < 1.29 is 19.1 Å². The molecule has 6 N–H and O–H groups in total. The summed E-state index contributed by atoms with van der Waals surface area (Å²) >= 11 is 0. The van der Waals surface area contributed by atoms with Crippen LogP contribution in [0.2, 0.25) is 0 Å². The number of hydrogen-bond donors (Lipinski definition) is 4. The van der Waals surface area contributed by atoms with Gasteiger partial charge in [-0.05, 0) is 48.4 Å². The minimum Gasteiger partial charge on any atom is -0.489 e. The summed E-state index contributed by atoms with van der Waals surface area (Å²) in [5.74, 6) is -0.545. The van der Waals surface area contributed by atoms with Crippen LogP contribution in [0.3, 0.4) is 0 Å². The van der Waals surface area contributed by atoms with Gasteiger partial charge in [0, 0.05) is 24.4 Å². The van der Waals surface area contributed by atoms with Gasteiger partial charge in [-0.25, -0.2) is 5.43 Å².